The summed E-state index contributed by atoms with van der Waals surface area (Å²) < 4.78 is 0. The Hall–Kier alpha value is -1.62. The van der Waals surface area contributed by atoms with Crippen LogP contribution in [-0.4, -0.2) is 60.0 Å². The first kappa shape index (κ1) is 13.8. The molecule has 104 valence electrons. The second-order valence-corrected chi connectivity index (χ2v) is 5.06. The zero-order valence-electron chi connectivity index (χ0n) is 11.9. The molecule has 1 aromatic rings. The van der Waals surface area contributed by atoms with Gasteiger partial charge in [0.2, 0.25) is 0 Å². The van der Waals surface area contributed by atoms with Crippen LogP contribution in [-0.2, 0) is 0 Å². The second-order valence-electron chi connectivity index (χ2n) is 5.06. The van der Waals surface area contributed by atoms with E-state index in [1.165, 1.54) is 0 Å². The molecule has 1 N–H and O–H groups in total. The number of carbonyl (C=O) groups excluding carboxylic acids is 1. The van der Waals surface area contributed by atoms with Crippen LogP contribution < -0.4 is 5.32 Å². The molecule has 0 radical (unpaired) electrons. The summed E-state index contributed by atoms with van der Waals surface area (Å²) in [6.07, 6.45) is 3.40. The summed E-state index contributed by atoms with van der Waals surface area (Å²) in [6, 6.07) is 2.04. The zero-order chi connectivity index (χ0) is 13.8. The van der Waals surface area contributed by atoms with Crippen molar-refractivity contribution in [1.82, 2.24) is 14.8 Å². The minimum atomic E-state index is 0.0963. The Balaban J connectivity index is 2.19. The molecule has 2 heterocycles. The molecular formula is C14H22N4O. The molecule has 1 unspecified atom stereocenters. The van der Waals surface area contributed by atoms with E-state index in [4.69, 9.17) is 0 Å². The van der Waals surface area contributed by atoms with E-state index in [2.05, 4.69) is 29.2 Å². The summed E-state index contributed by atoms with van der Waals surface area (Å²) >= 11 is 0. The van der Waals surface area contributed by atoms with Crippen molar-refractivity contribution in [2.75, 3.05) is 38.5 Å². The maximum absolute atomic E-state index is 12.7. The van der Waals surface area contributed by atoms with E-state index in [0.717, 1.165) is 31.9 Å². The first-order valence-corrected chi connectivity index (χ1v) is 6.81. The molecule has 2 rings (SSSR count). The standard InChI is InChI=1S/C14H22N4O/c1-4-16-13-9-15-6-5-12(13)14(19)18-8-7-17(3)10-11(18)2/h5-6,9,11,16H,4,7-8,10H2,1-3H3. The van der Waals surface area contributed by atoms with Crippen LogP contribution in [0.1, 0.15) is 24.2 Å². The van der Waals surface area contributed by atoms with Gasteiger partial charge in [-0.15, -0.1) is 0 Å². The molecule has 1 aliphatic rings. The number of likely N-dealkylation sites (N-methyl/N-ethyl adjacent to an activating group) is 1. The van der Waals surface area contributed by atoms with Gasteiger partial charge in [0.1, 0.15) is 0 Å². The fourth-order valence-electron chi connectivity index (χ4n) is 2.51. The number of rotatable bonds is 3. The lowest BCUT2D eigenvalue weighted by Gasteiger charge is -2.38. The van der Waals surface area contributed by atoms with Gasteiger partial charge in [-0.1, -0.05) is 0 Å². The lowest BCUT2D eigenvalue weighted by atomic mass is 10.1. The first-order chi connectivity index (χ1) is 9.13. The Bertz CT molecular complexity index is 449. The minimum absolute atomic E-state index is 0.0963. The van der Waals surface area contributed by atoms with Crippen LogP contribution in [0.4, 0.5) is 5.69 Å². The number of piperazine rings is 1. The summed E-state index contributed by atoms with van der Waals surface area (Å²) in [6.45, 7) is 7.53. The summed E-state index contributed by atoms with van der Waals surface area (Å²) in [7, 11) is 2.09. The number of nitrogens with one attached hydrogen (secondary N) is 1. The van der Waals surface area contributed by atoms with Gasteiger partial charge in [-0.2, -0.15) is 0 Å². The fraction of sp³-hybridized carbons (Fsp3) is 0.571. The molecule has 1 aliphatic heterocycles. The number of hydrogen-bond donors (Lipinski definition) is 1. The molecule has 0 saturated carbocycles. The molecule has 0 bridgehead atoms. The van der Waals surface area contributed by atoms with Crippen molar-refractivity contribution in [2.45, 2.75) is 19.9 Å². The highest BCUT2D eigenvalue weighted by Gasteiger charge is 2.27. The number of hydrogen-bond acceptors (Lipinski definition) is 4. The topological polar surface area (TPSA) is 48.5 Å². The SMILES string of the molecule is CCNc1cnccc1C(=O)N1CCN(C)CC1C. The number of carbonyl (C=O) groups is 1. The largest absolute Gasteiger partial charge is 0.383 e. The Morgan fingerprint density at radius 2 is 2.32 bits per heavy atom. The monoisotopic (exact) mass is 262 g/mol. The number of nitrogens with zero attached hydrogens (tertiary/aromatic N) is 3. The Morgan fingerprint density at radius 3 is 3.00 bits per heavy atom. The number of aromatic nitrogens is 1. The molecule has 5 nitrogen and oxygen atoms in total. The van der Waals surface area contributed by atoms with Crippen LogP contribution in [0.5, 0.6) is 0 Å². The van der Waals surface area contributed by atoms with Crippen LogP contribution in [0, 0.1) is 0 Å². The van der Waals surface area contributed by atoms with Gasteiger partial charge < -0.3 is 15.1 Å². The molecule has 5 heteroatoms. The van der Waals surface area contributed by atoms with Crippen molar-refractivity contribution in [1.29, 1.82) is 0 Å². The molecule has 1 saturated heterocycles. The van der Waals surface area contributed by atoms with Gasteiger partial charge in [-0.3, -0.25) is 9.78 Å². The highest BCUT2D eigenvalue weighted by atomic mass is 16.2. The van der Waals surface area contributed by atoms with E-state index in [9.17, 15) is 4.79 Å². The molecule has 1 aromatic heterocycles. The van der Waals surface area contributed by atoms with Crippen molar-refractivity contribution >= 4 is 11.6 Å². The number of amides is 1. The van der Waals surface area contributed by atoms with E-state index < -0.39 is 0 Å². The molecule has 0 spiro atoms. The van der Waals surface area contributed by atoms with Crippen molar-refractivity contribution in [3.8, 4) is 0 Å². The van der Waals surface area contributed by atoms with Crippen LogP contribution in [0.3, 0.4) is 0 Å². The van der Waals surface area contributed by atoms with Crippen LogP contribution >= 0.6 is 0 Å². The predicted octanol–water partition coefficient (Wildman–Crippen LogP) is 1.29. The quantitative estimate of drug-likeness (QED) is 0.891. The molecule has 1 amide bonds. The van der Waals surface area contributed by atoms with Gasteiger partial charge in [0.25, 0.3) is 5.91 Å². The van der Waals surface area contributed by atoms with E-state index in [1.807, 2.05) is 11.8 Å². The fourth-order valence-corrected chi connectivity index (χ4v) is 2.51. The third kappa shape index (κ3) is 3.04. The zero-order valence-corrected chi connectivity index (χ0v) is 11.9. The van der Waals surface area contributed by atoms with Crippen LogP contribution in [0.25, 0.3) is 0 Å². The summed E-state index contributed by atoms with van der Waals surface area (Å²) in [5.74, 6) is 0.0963. The summed E-state index contributed by atoms with van der Waals surface area (Å²) in [4.78, 5) is 20.9. The third-order valence-corrected chi connectivity index (χ3v) is 3.51. The van der Waals surface area contributed by atoms with Crippen molar-refractivity contribution in [2.24, 2.45) is 0 Å². The Kier molecular flexibility index (Phi) is 4.37. The van der Waals surface area contributed by atoms with Crippen LogP contribution in [0.15, 0.2) is 18.5 Å². The lowest BCUT2D eigenvalue weighted by Crippen LogP contribution is -2.52. The number of pyridine rings is 1. The lowest BCUT2D eigenvalue weighted by molar-refractivity contribution is 0.0534. The van der Waals surface area contributed by atoms with Gasteiger partial charge in [-0.25, -0.2) is 0 Å². The summed E-state index contributed by atoms with van der Waals surface area (Å²) in [5, 5.41) is 3.20. The molecule has 0 aliphatic carbocycles. The highest BCUT2D eigenvalue weighted by Crippen LogP contribution is 2.19. The van der Waals surface area contributed by atoms with E-state index in [0.29, 0.717) is 5.56 Å². The van der Waals surface area contributed by atoms with Crippen LogP contribution in [0.2, 0.25) is 0 Å². The van der Waals surface area contributed by atoms with Gasteiger partial charge in [-0.05, 0) is 27.0 Å². The average Bonchev–Trinajstić information content (AvgIpc) is 2.39. The van der Waals surface area contributed by atoms with Gasteiger partial charge in [0.05, 0.1) is 17.4 Å². The van der Waals surface area contributed by atoms with Crippen molar-refractivity contribution in [3.63, 3.8) is 0 Å². The number of anilines is 1. The Labute approximate surface area is 114 Å². The van der Waals surface area contributed by atoms with E-state index in [1.54, 1.807) is 18.5 Å². The minimum Gasteiger partial charge on any atom is -0.383 e. The highest BCUT2D eigenvalue weighted by molar-refractivity contribution is 5.99. The molecule has 0 aromatic carbocycles. The van der Waals surface area contributed by atoms with Crippen molar-refractivity contribution in [3.05, 3.63) is 24.0 Å². The maximum Gasteiger partial charge on any atom is 0.256 e. The molecule has 1 atom stereocenters. The average molecular weight is 262 g/mol. The second kappa shape index (κ2) is 6.02. The first-order valence-electron chi connectivity index (χ1n) is 6.81. The summed E-state index contributed by atoms with van der Waals surface area (Å²) in [5.41, 5.74) is 1.54. The molecule has 1 fully saturated rings. The van der Waals surface area contributed by atoms with Crippen molar-refractivity contribution < 1.29 is 4.79 Å². The smallest absolute Gasteiger partial charge is 0.256 e. The maximum atomic E-state index is 12.7. The van der Waals surface area contributed by atoms with E-state index >= 15 is 0 Å². The van der Waals surface area contributed by atoms with E-state index in [-0.39, 0.29) is 11.9 Å². The van der Waals surface area contributed by atoms with Gasteiger partial charge in [0.15, 0.2) is 0 Å². The third-order valence-electron chi connectivity index (χ3n) is 3.51. The predicted molar refractivity (Wildman–Crippen MR) is 76.4 cm³/mol. The molecular weight excluding hydrogens is 240 g/mol. The normalized spacial score (nSPS) is 20.4. The molecule has 19 heavy (non-hydrogen) atoms. The van der Waals surface area contributed by atoms with Gasteiger partial charge >= 0.3 is 0 Å². The van der Waals surface area contributed by atoms with Gasteiger partial charge in [0, 0.05) is 38.4 Å². The Morgan fingerprint density at radius 1 is 1.53 bits per heavy atom.